The molecule has 0 spiro atoms. The molecule has 1 amide bonds. The predicted octanol–water partition coefficient (Wildman–Crippen LogP) is 1.31. The molecule has 0 heterocycles. The molecule has 0 saturated carbocycles. The number of benzene rings is 1. The summed E-state index contributed by atoms with van der Waals surface area (Å²) in [5, 5.41) is 11.7. The van der Waals surface area contributed by atoms with Crippen molar-refractivity contribution in [3.05, 3.63) is 48.6 Å². The molecule has 0 atom stereocenters. The van der Waals surface area contributed by atoms with Gasteiger partial charge >= 0.3 is 0 Å². The van der Waals surface area contributed by atoms with Gasteiger partial charge in [0.05, 0.1) is 12.6 Å². The lowest BCUT2D eigenvalue weighted by Crippen LogP contribution is -2.38. The van der Waals surface area contributed by atoms with Crippen LogP contribution in [-0.4, -0.2) is 30.4 Å². The van der Waals surface area contributed by atoms with Crippen LogP contribution in [0.1, 0.15) is 5.56 Å². The first-order valence-corrected chi connectivity index (χ1v) is 5.78. The molecular weight excluding hydrogens is 226 g/mol. The maximum atomic E-state index is 11.9. The standard InChI is InChI=1S/C14H17N3O/c1-2-9-16-11-14(18)17(10-8-15)12-13-6-4-3-5-7-13/h2-7,16H,1,9-12H2. The van der Waals surface area contributed by atoms with Gasteiger partial charge in [-0.1, -0.05) is 36.4 Å². The van der Waals surface area contributed by atoms with Crippen LogP contribution in [0.3, 0.4) is 0 Å². The number of hydrogen-bond donors (Lipinski definition) is 1. The lowest BCUT2D eigenvalue weighted by Gasteiger charge is -2.19. The van der Waals surface area contributed by atoms with Crippen molar-refractivity contribution in [1.29, 1.82) is 5.26 Å². The minimum absolute atomic E-state index is 0.0812. The molecule has 0 saturated heterocycles. The SMILES string of the molecule is C=CCNCC(=O)N(CC#N)Cc1ccccc1. The number of carbonyl (C=O) groups is 1. The van der Waals surface area contributed by atoms with Gasteiger partial charge in [-0.25, -0.2) is 0 Å². The van der Waals surface area contributed by atoms with E-state index in [2.05, 4.69) is 11.9 Å². The number of carbonyl (C=O) groups excluding carboxylic acids is 1. The molecule has 0 aromatic heterocycles. The minimum Gasteiger partial charge on any atom is -0.324 e. The second kappa shape index (κ2) is 8.04. The number of amides is 1. The van der Waals surface area contributed by atoms with Crippen LogP contribution in [-0.2, 0) is 11.3 Å². The number of nitriles is 1. The van der Waals surface area contributed by atoms with Gasteiger partial charge in [0.1, 0.15) is 6.54 Å². The fourth-order valence-electron chi connectivity index (χ4n) is 1.51. The molecule has 0 bridgehead atoms. The van der Waals surface area contributed by atoms with E-state index in [0.717, 1.165) is 5.56 Å². The highest BCUT2D eigenvalue weighted by Crippen LogP contribution is 2.04. The molecule has 18 heavy (non-hydrogen) atoms. The molecule has 1 aromatic rings. The lowest BCUT2D eigenvalue weighted by atomic mass is 10.2. The van der Waals surface area contributed by atoms with Crippen molar-refractivity contribution in [3.63, 3.8) is 0 Å². The molecule has 0 aliphatic heterocycles. The highest BCUT2D eigenvalue weighted by Gasteiger charge is 2.12. The van der Waals surface area contributed by atoms with E-state index in [0.29, 0.717) is 13.1 Å². The third kappa shape index (κ3) is 4.81. The summed E-state index contributed by atoms with van der Waals surface area (Å²) in [5.41, 5.74) is 1.02. The smallest absolute Gasteiger partial charge is 0.237 e. The second-order valence-corrected chi connectivity index (χ2v) is 3.81. The number of rotatable bonds is 7. The van der Waals surface area contributed by atoms with Crippen molar-refractivity contribution in [2.75, 3.05) is 19.6 Å². The van der Waals surface area contributed by atoms with E-state index in [1.807, 2.05) is 36.4 Å². The Balaban J connectivity index is 2.56. The van der Waals surface area contributed by atoms with E-state index in [-0.39, 0.29) is 19.0 Å². The summed E-state index contributed by atoms with van der Waals surface area (Å²) in [6, 6.07) is 11.7. The third-order valence-electron chi connectivity index (χ3n) is 2.40. The van der Waals surface area contributed by atoms with Gasteiger partial charge in [0.25, 0.3) is 0 Å². The van der Waals surface area contributed by atoms with Crippen LogP contribution in [0, 0.1) is 11.3 Å². The van der Waals surface area contributed by atoms with Crippen LogP contribution in [0.2, 0.25) is 0 Å². The monoisotopic (exact) mass is 243 g/mol. The zero-order valence-corrected chi connectivity index (χ0v) is 10.3. The fourth-order valence-corrected chi connectivity index (χ4v) is 1.51. The van der Waals surface area contributed by atoms with Gasteiger partial charge in [0.15, 0.2) is 0 Å². The summed E-state index contributed by atoms with van der Waals surface area (Å²) in [6.07, 6.45) is 1.69. The summed E-state index contributed by atoms with van der Waals surface area (Å²) in [7, 11) is 0. The largest absolute Gasteiger partial charge is 0.324 e. The van der Waals surface area contributed by atoms with Crippen molar-refractivity contribution < 1.29 is 4.79 Å². The molecule has 4 heteroatoms. The first-order chi connectivity index (χ1) is 8.77. The molecule has 0 aliphatic carbocycles. The van der Waals surface area contributed by atoms with Gasteiger partial charge in [-0.05, 0) is 5.56 Å². The summed E-state index contributed by atoms with van der Waals surface area (Å²) in [4.78, 5) is 13.4. The Labute approximate surface area is 108 Å². The molecule has 0 radical (unpaired) electrons. The molecule has 0 aliphatic rings. The van der Waals surface area contributed by atoms with Gasteiger partial charge in [-0.15, -0.1) is 6.58 Å². The van der Waals surface area contributed by atoms with E-state index in [1.165, 1.54) is 4.90 Å². The average molecular weight is 243 g/mol. The number of hydrogen-bond acceptors (Lipinski definition) is 3. The van der Waals surface area contributed by atoms with Crippen molar-refractivity contribution in [1.82, 2.24) is 10.2 Å². The molecule has 0 unspecified atom stereocenters. The summed E-state index contributed by atoms with van der Waals surface area (Å²) >= 11 is 0. The molecule has 0 fully saturated rings. The Morgan fingerprint density at radius 2 is 2.17 bits per heavy atom. The Kier molecular flexibility index (Phi) is 6.23. The molecule has 1 rings (SSSR count). The van der Waals surface area contributed by atoms with Crippen molar-refractivity contribution in [3.8, 4) is 6.07 Å². The first-order valence-electron chi connectivity index (χ1n) is 5.78. The van der Waals surface area contributed by atoms with E-state index in [1.54, 1.807) is 6.08 Å². The van der Waals surface area contributed by atoms with Gasteiger partial charge < -0.3 is 10.2 Å². The molecule has 1 N–H and O–H groups in total. The Bertz CT molecular complexity index is 422. The molecular formula is C14H17N3O. The van der Waals surface area contributed by atoms with Crippen LogP contribution in [0.15, 0.2) is 43.0 Å². The Morgan fingerprint density at radius 3 is 2.78 bits per heavy atom. The van der Waals surface area contributed by atoms with Crippen LogP contribution in [0.25, 0.3) is 0 Å². The van der Waals surface area contributed by atoms with Crippen molar-refractivity contribution in [2.45, 2.75) is 6.54 Å². The van der Waals surface area contributed by atoms with Gasteiger partial charge in [-0.2, -0.15) is 5.26 Å². The average Bonchev–Trinajstić information content (AvgIpc) is 2.39. The van der Waals surface area contributed by atoms with E-state index < -0.39 is 0 Å². The molecule has 1 aromatic carbocycles. The van der Waals surface area contributed by atoms with Gasteiger partial charge in [0, 0.05) is 13.1 Å². The summed E-state index contributed by atoms with van der Waals surface area (Å²) < 4.78 is 0. The number of nitrogens with one attached hydrogen (secondary N) is 1. The van der Waals surface area contributed by atoms with E-state index in [9.17, 15) is 4.79 Å². The van der Waals surface area contributed by atoms with Crippen LogP contribution >= 0.6 is 0 Å². The minimum atomic E-state index is -0.0812. The normalized spacial score (nSPS) is 9.50. The molecule has 4 nitrogen and oxygen atoms in total. The summed E-state index contributed by atoms with van der Waals surface area (Å²) in [5.74, 6) is -0.0812. The lowest BCUT2D eigenvalue weighted by molar-refractivity contribution is -0.130. The fraction of sp³-hybridized carbons (Fsp3) is 0.286. The van der Waals surface area contributed by atoms with Gasteiger partial charge in [0.2, 0.25) is 5.91 Å². The quantitative estimate of drug-likeness (QED) is 0.446. The zero-order valence-electron chi connectivity index (χ0n) is 10.3. The highest BCUT2D eigenvalue weighted by atomic mass is 16.2. The van der Waals surface area contributed by atoms with Crippen LogP contribution in [0.4, 0.5) is 0 Å². The maximum absolute atomic E-state index is 11.9. The second-order valence-electron chi connectivity index (χ2n) is 3.81. The maximum Gasteiger partial charge on any atom is 0.237 e. The molecule has 94 valence electrons. The summed E-state index contributed by atoms with van der Waals surface area (Å²) in [6.45, 7) is 4.93. The van der Waals surface area contributed by atoms with Crippen molar-refractivity contribution in [2.24, 2.45) is 0 Å². The zero-order chi connectivity index (χ0) is 13.2. The Hall–Kier alpha value is -2.12. The van der Waals surface area contributed by atoms with E-state index in [4.69, 9.17) is 5.26 Å². The predicted molar refractivity (Wildman–Crippen MR) is 70.5 cm³/mol. The highest BCUT2D eigenvalue weighted by molar-refractivity contribution is 5.78. The topological polar surface area (TPSA) is 56.1 Å². The number of nitrogens with zero attached hydrogens (tertiary/aromatic N) is 2. The van der Waals surface area contributed by atoms with Crippen molar-refractivity contribution >= 4 is 5.91 Å². The third-order valence-corrected chi connectivity index (χ3v) is 2.40. The van der Waals surface area contributed by atoms with E-state index >= 15 is 0 Å². The first kappa shape index (κ1) is 13.9. The van der Waals surface area contributed by atoms with Gasteiger partial charge in [-0.3, -0.25) is 4.79 Å². The van der Waals surface area contributed by atoms with Crippen LogP contribution < -0.4 is 5.32 Å². The Morgan fingerprint density at radius 1 is 1.44 bits per heavy atom. The van der Waals surface area contributed by atoms with Crippen LogP contribution in [0.5, 0.6) is 0 Å².